The fourth-order valence-electron chi connectivity index (χ4n) is 1.77. The monoisotopic (exact) mass is 274 g/mol. The van der Waals surface area contributed by atoms with Crippen LogP contribution in [-0.4, -0.2) is 20.7 Å². The van der Waals surface area contributed by atoms with E-state index in [0.717, 1.165) is 11.4 Å². The summed E-state index contributed by atoms with van der Waals surface area (Å²) < 4.78 is 1.71. The van der Waals surface area contributed by atoms with E-state index in [0.29, 0.717) is 11.0 Å². The van der Waals surface area contributed by atoms with Gasteiger partial charge in [-0.2, -0.15) is 5.10 Å². The SMILES string of the molecule is Cn1nccc1/C=C/C(=O)Nc1nc(C2CC2)cs1. The molecular weight excluding hydrogens is 260 g/mol. The largest absolute Gasteiger partial charge is 0.298 e. The minimum Gasteiger partial charge on any atom is -0.298 e. The molecule has 0 saturated heterocycles. The van der Waals surface area contributed by atoms with E-state index >= 15 is 0 Å². The van der Waals surface area contributed by atoms with Gasteiger partial charge in [-0.15, -0.1) is 11.3 Å². The van der Waals surface area contributed by atoms with Gasteiger partial charge in [0.2, 0.25) is 5.91 Å². The molecule has 1 fully saturated rings. The summed E-state index contributed by atoms with van der Waals surface area (Å²) in [6.07, 6.45) is 7.36. The van der Waals surface area contributed by atoms with E-state index in [1.807, 2.05) is 18.5 Å². The van der Waals surface area contributed by atoms with Crippen LogP contribution >= 0.6 is 11.3 Å². The van der Waals surface area contributed by atoms with Crippen LogP contribution in [0.3, 0.4) is 0 Å². The van der Waals surface area contributed by atoms with Crippen molar-refractivity contribution in [3.63, 3.8) is 0 Å². The zero-order chi connectivity index (χ0) is 13.2. The molecule has 0 atom stereocenters. The maximum atomic E-state index is 11.8. The molecule has 1 saturated carbocycles. The van der Waals surface area contributed by atoms with Crippen molar-refractivity contribution in [3.05, 3.63) is 35.1 Å². The Hall–Kier alpha value is -1.95. The van der Waals surface area contributed by atoms with Gasteiger partial charge in [-0.25, -0.2) is 4.98 Å². The van der Waals surface area contributed by atoms with Crippen molar-refractivity contribution in [1.29, 1.82) is 0 Å². The molecular formula is C13H14N4OS. The molecule has 1 N–H and O–H groups in total. The van der Waals surface area contributed by atoms with Crippen LogP contribution in [-0.2, 0) is 11.8 Å². The van der Waals surface area contributed by atoms with Crippen LogP contribution in [0.5, 0.6) is 0 Å². The van der Waals surface area contributed by atoms with E-state index < -0.39 is 0 Å². The number of aryl methyl sites for hydroxylation is 1. The van der Waals surface area contributed by atoms with E-state index in [2.05, 4.69) is 15.4 Å². The standard InChI is InChI=1S/C13H14N4OS/c1-17-10(6-7-14-17)4-5-12(18)16-13-15-11(8-19-13)9-2-3-9/h4-9H,2-3H2,1H3,(H,15,16,18)/b5-4+. The summed E-state index contributed by atoms with van der Waals surface area (Å²) in [6, 6.07) is 1.85. The summed E-state index contributed by atoms with van der Waals surface area (Å²) >= 11 is 1.48. The Kier molecular flexibility index (Phi) is 3.16. The molecule has 5 nitrogen and oxygen atoms in total. The molecule has 0 bridgehead atoms. The quantitative estimate of drug-likeness (QED) is 0.871. The zero-order valence-corrected chi connectivity index (χ0v) is 11.4. The van der Waals surface area contributed by atoms with E-state index in [1.54, 1.807) is 17.0 Å². The Morgan fingerprint density at radius 3 is 3.11 bits per heavy atom. The molecule has 19 heavy (non-hydrogen) atoms. The van der Waals surface area contributed by atoms with Gasteiger partial charge in [0, 0.05) is 30.6 Å². The van der Waals surface area contributed by atoms with Gasteiger partial charge in [0.1, 0.15) is 0 Å². The van der Waals surface area contributed by atoms with Crippen LogP contribution in [0.1, 0.15) is 30.1 Å². The van der Waals surface area contributed by atoms with Gasteiger partial charge in [-0.05, 0) is 25.0 Å². The molecule has 2 aromatic rings. The molecule has 1 aliphatic rings. The second kappa shape index (κ2) is 4.97. The molecule has 2 aromatic heterocycles. The lowest BCUT2D eigenvalue weighted by atomic mass is 10.3. The third-order valence-corrected chi connectivity index (χ3v) is 3.79. The Morgan fingerprint density at radius 2 is 2.42 bits per heavy atom. The maximum Gasteiger partial charge on any atom is 0.250 e. The molecule has 1 amide bonds. The topological polar surface area (TPSA) is 59.8 Å². The predicted octanol–water partition coefficient (Wildman–Crippen LogP) is 2.41. The lowest BCUT2D eigenvalue weighted by Gasteiger charge is -1.96. The lowest BCUT2D eigenvalue weighted by molar-refractivity contribution is -0.111. The number of carbonyl (C=O) groups is 1. The van der Waals surface area contributed by atoms with Crippen molar-refractivity contribution in [1.82, 2.24) is 14.8 Å². The van der Waals surface area contributed by atoms with Crippen molar-refractivity contribution in [2.24, 2.45) is 7.05 Å². The molecule has 2 heterocycles. The second-order valence-corrected chi connectivity index (χ2v) is 5.41. The normalized spacial score (nSPS) is 15.0. The summed E-state index contributed by atoms with van der Waals surface area (Å²) in [5.41, 5.74) is 1.99. The summed E-state index contributed by atoms with van der Waals surface area (Å²) in [4.78, 5) is 16.2. The first-order chi connectivity index (χ1) is 9.22. The minimum absolute atomic E-state index is 0.169. The number of thiazole rings is 1. The van der Waals surface area contributed by atoms with Gasteiger partial charge < -0.3 is 0 Å². The van der Waals surface area contributed by atoms with Gasteiger partial charge in [-0.3, -0.25) is 14.8 Å². The van der Waals surface area contributed by atoms with Crippen molar-refractivity contribution >= 4 is 28.5 Å². The highest BCUT2D eigenvalue weighted by Crippen LogP contribution is 2.40. The van der Waals surface area contributed by atoms with Gasteiger partial charge in [0.15, 0.2) is 5.13 Å². The Bertz CT molecular complexity index is 624. The molecule has 0 radical (unpaired) electrons. The summed E-state index contributed by atoms with van der Waals surface area (Å²) in [5.74, 6) is 0.449. The minimum atomic E-state index is -0.169. The second-order valence-electron chi connectivity index (χ2n) is 4.55. The Morgan fingerprint density at radius 1 is 1.58 bits per heavy atom. The third-order valence-electron chi connectivity index (χ3n) is 3.01. The fourth-order valence-corrected chi connectivity index (χ4v) is 2.56. The molecule has 0 aliphatic heterocycles. The van der Waals surface area contributed by atoms with Crippen LogP contribution in [0.15, 0.2) is 23.7 Å². The van der Waals surface area contributed by atoms with Crippen molar-refractivity contribution in [2.75, 3.05) is 5.32 Å². The Balaban J connectivity index is 1.61. The predicted molar refractivity (Wildman–Crippen MR) is 75.0 cm³/mol. The van der Waals surface area contributed by atoms with Crippen molar-refractivity contribution < 1.29 is 4.79 Å². The number of rotatable bonds is 4. The Labute approximate surface area is 115 Å². The van der Waals surface area contributed by atoms with Gasteiger partial charge in [0.05, 0.1) is 11.4 Å². The molecule has 0 unspecified atom stereocenters. The zero-order valence-electron chi connectivity index (χ0n) is 10.5. The average Bonchev–Trinajstić information content (AvgIpc) is 3.01. The van der Waals surface area contributed by atoms with Crippen LogP contribution < -0.4 is 5.32 Å². The highest BCUT2D eigenvalue weighted by atomic mass is 32.1. The molecule has 3 rings (SSSR count). The molecule has 6 heteroatoms. The molecule has 1 aliphatic carbocycles. The fraction of sp³-hybridized carbons (Fsp3) is 0.308. The van der Waals surface area contributed by atoms with Crippen LogP contribution in [0.25, 0.3) is 6.08 Å². The van der Waals surface area contributed by atoms with Gasteiger partial charge in [-0.1, -0.05) is 0 Å². The van der Waals surface area contributed by atoms with E-state index in [4.69, 9.17) is 0 Å². The third kappa shape index (κ3) is 2.90. The lowest BCUT2D eigenvalue weighted by Crippen LogP contribution is -2.07. The van der Waals surface area contributed by atoms with Crippen LogP contribution in [0.2, 0.25) is 0 Å². The first-order valence-electron chi connectivity index (χ1n) is 6.15. The highest BCUT2D eigenvalue weighted by molar-refractivity contribution is 7.14. The van der Waals surface area contributed by atoms with Crippen molar-refractivity contribution in [2.45, 2.75) is 18.8 Å². The number of anilines is 1. The van der Waals surface area contributed by atoms with E-state index in [9.17, 15) is 4.79 Å². The first-order valence-corrected chi connectivity index (χ1v) is 7.03. The van der Waals surface area contributed by atoms with E-state index in [1.165, 1.54) is 30.3 Å². The number of nitrogens with one attached hydrogen (secondary N) is 1. The van der Waals surface area contributed by atoms with Crippen molar-refractivity contribution in [3.8, 4) is 0 Å². The van der Waals surface area contributed by atoms with Crippen LogP contribution in [0, 0.1) is 0 Å². The maximum absolute atomic E-state index is 11.8. The number of hydrogen-bond acceptors (Lipinski definition) is 4. The molecule has 0 spiro atoms. The summed E-state index contributed by atoms with van der Waals surface area (Å²) in [7, 11) is 1.83. The summed E-state index contributed by atoms with van der Waals surface area (Å²) in [5, 5.41) is 9.50. The first kappa shape index (κ1) is 12.1. The van der Waals surface area contributed by atoms with Gasteiger partial charge in [0.25, 0.3) is 0 Å². The molecule has 98 valence electrons. The molecule has 0 aromatic carbocycles. The number of amides is 1. The number of hydrogen-bond donors (Lipinski definition) is 1. The van der Waals surface area contributed by atoms with Crippen LogP contribution in [0.4, 0.5) is 5.13 Å². The number of carbonyl (C=O) groups excluding carboxylic acids is 1. The van der Waals surface area contributed by atoms with E-state index in [-0.39, 0.29) is 5.91 Å². The number of nitrogens with zero attached hydrogens (tertiary/aromatic N) is 3. The highest BCUT2D eigenvalue weighted by Gasteiger charge is 2.26. The number of aromatic nitrogens is 3. The average molecular weight is 274 g/mol. The van der Waals surface area contributed by atoms with Gasteiger partial charge >= 0.3 is 0 Å². The summed E-state index contributed by atoms with van der Waals surface area (Å²) in [6.45, 7) is 0. The smallest absolute Gasteiger partial charge is 0.250 e.